The number of hydrogen-bond acceptors (Lipinski definition) is 1. The Morgan fingerprint density at radius 3 is 2.75 bits per heavy atom. The molecule has 0 spiro atoms. The molecule has 0 N–H and O–H groups in total. The summed E-state index contributed by atoms with van der Waals surface area (Å²) in [5, 5.41) is 0. The van der Waals surface area contributed by atoms with E-state index < -0.39 is 0 Å². The molecule has 1 aliphatic carbocycles. The van der Waals surface area contributed by atoms with Crippen molar-refractivity contribution in [3.05, 3.63) is 0 Å². The predicted molar refractivity (Wildman–Crippen MR) is 69.7 cm³/mol. The summed E-state index contributed by atoms with van der Waals surface area (Å²) in [6.45, 7) is 4.33. The lowest BCUT2D eigenvalue weighted by molar-refractivity contribution is -0.133. The van der Waals surface area contributed by atoms with Crippen molar-refractivity contribution in [3.63, 3.8) is 0 Å². The standard InChI is InChI=1S/C13H22BrNO/c1-10-5-2-3-6-11(10)9-15-8-4-7-12(14)13(15)16/h10-12H,2-9H2,1H3. The molecule has 1 aliphatic heterocycles. The average Bonchev–Trinajstić information content (AvgIpc) is 2.28. The molecule has 0 aromatic heterocycles. The molecule has 0 aromatic carbocycles. The number of halogens is 1. The molecular weight excluding hydrogens is 266 g/mol. The van der Waals surface area contributed by atoms with Gasteiger partial charge in [0.25, 0.3) is 0 Å². The molecule has 1 saturated carbocycles. The normalized spacial score (nSPS) is 36.5. The van der Waals surface area contributed by atoms with Crippen LogP contribution in [0.1, 0.15) is 45.4 Å². The zero-order valence-electron chi connectivity index (χ0n) is 10.1. The minimum atomic E-state index is 0.0835. The Hall–Kier alpha value is -0.0500. The molecule has 1 amide bonds. The van der Waals surface area contributed by atoms with Gasteiger partial charge in [-0.3, -0.25) is 4.79 Å². The number of carbonyl (C=O) groups is 1. The van der Waals surface area contributed by atoms with Crippen molar-refractivity contribution >= 4 is 21.8 Å². The Bertz CT molecular complexity index is 256. The molecule has 3 atom stereocenters. The van der Waals surface area contributed by atoms with Crippen molar-refractivity contribution < 1.29 is 4.79 Å². The minimum Gasteiger partial charge on any atom is -0.341 e. The molecule has 3 heteroatoms. The predicted octanol–water partition coefficient (Wildman–Crippen LogP) is 3.20. The van der Waals surface area contributed by atoms with Crippen molar-refractivity contribution in [3.8, 4) is 0 Å². The summed E-state index contributed by atoms with van der Waals surface area (Å²) in [6.07, 6.45) is 7.57. The second kappa shape index (κ2) is 5.52. The van der Waals surface area contributed by atoms with Crippen LogP contribution in [-0.4, -0.2) is 28.7 Å². The highest BCUT2D eigenvalue weighted by Crippen LogP contribution is 2.31. The SMILES string of the molecule is CC1CCCCC1CN1CCCC(Br)C1=O. The maximum absolute atomic E-state index is 12.0. The Balaban J connectivity index is 1.90. The van der Waals surface area contributed by atoms with Crippen molar-refractivity contribution in [1.82, 2.24) is 4.90 Å². The van der Waals surface area contributed by atoms with Gasteiger partial charge in [0.05, 0.1) is 4.83 Å². The van der Waals surface area contributed by atoms with E-state index in [1.54, 1.807) is 0 Å². The van der Waals surface area contributed by atoms with Crippen LogP contribution in [0.25, 0.3) is 0 Å². The van der Waals surface area contributed by atoms with Crippen molar-refractivity contribution in [2.24, 2.45) is 11.8 Å². The highest BCUT2D eigenvalue weighted by Gasteiger charge is 2.30. The molecule has 0 radical (unpaired) electrons. The number of hydrogen-bond donors (Lipinski definition) is 0. The summed E-state index contributed by atoms with van der Waals surface area (Å²) >= 11 is 3.48. The van der Waals surface area contributed by atoms with E-state index in [9.17, 15) is 4.79 Å². The van der Waals surface area contributed by atoms with Gasteiger partial charge < -0.3 is 4.90 Å². The van der Waals surface area contributed by atoms with Gasteiger partial charge in [-0.15, -0.1) is 0 Å². The number of amides is 1. The number of piperidine rings is 1. The topological polar surface area (TPSA) is 20.3 Å². The lowest BCUT2D eigenvalue weighted by Crippen LogP contribution is -2.45. The van der Waals surface area contributed by atoms with Crippen LogP contribution in [0.15, 0.2) is 0 Å². The molecular formula is C13H22BrNO. The smallest absolute Gasteiger partial charge is 0.236 e. The van der Waals surface area contributed by atoms with Gasteiger partial charge in [0.15, 0.2) is 0 Å². The maximum Gasteiger partial charge on any atom is 0.236 e. The third kappa shape index (κ3) is 2.79. The number of carbonyl (C=O) groups excluding carboxylic acids is 1. The Labute approximate surface area is 107 Å². The third-order valence-electron chi connectivity index (χ3n) is 4.21. The first-order chi connectivity index (χ1) is 7.68. The van der Waals surface area contributed by atoms with Gasteiger partial charge >= 0.3 is 0 Å². The van der Waals surface area contributed by atoms with E-state index in [4.69, 9.17) is 0 Å². The third-order valence-corrected chi connectivity index (χ3v) is 5.06. The Morgan fingerprint density at radius 2 is 2.00 bits per heavy atom. The summed E-state index contributed by atoms with van der Waals surface area (Å²) in [7, 11) is 0. The number of likely N-dealkylation sites (tertiary alicyclic amines) is 1. The quantitative estimate of drug-likeness (QED) is 0.715. The second-order valence-electron chi connectivity index (χ2n) is 5.42. The molecule has 0 aromatic rings. The van der Waals surface area contributed by atoms with Gasteiger partial charge in [-0.1, -0.05) is 42.1 Å². The largest absolute Gasteiger partial charge is 0.341 e. The van der Waals surface area contributed by atoms with Crippen molar-refractivity contribution in [1.29, 1.82) is 0 Å². The summed E-state index contributed by atoms with van der Waals surface area (Å²) < 4.78 is 0. The van der Waals surface area contributed by atoms with Crippen molar-refractivity contribution in [2.45, 2.75) is 50.3 Å². The highest BCUT2D eigenvalue weighted by molar-refractivity contribution is 9.10. The van der Waals surface area contributed by atoms with E-state index in [1.165, 1.54) is 25.7 Å². The fraction of sp³-hybridized carbons (Fsp3) is 0.923. The molecule has 0 bridgehead atoms. The average molecular weight is 288 g/mol. The molecule has 2 fully saturated rings. The number of alkyl halides is 1. The molecule has 1 saturated heterocycles. The zero-order chi connectivity index (χ0) is 11.5. The van der Waals surface area contributed by atoms with E-state index in [-0.39, 0.29) is 4.83 Å². The Kier molecular flexibility index (Phi) is 4.28. The number of rotatable bonds is 2. The monoisotopic (exact) mass is 287 g/mol. The first-order valence-electron chi connectivity index (χ1n) is 6.61. The van der Waals surface area contributed by atoms with E-state index >= 15 is 0 Å². The fourth-order valence-electron chi connectivity index (χ4n) is 3.02. The van der Waals surface area contributed by atoms with E-state index in [0.29, 0.717) is 5.91 Å². The molecule has 92 valence electrons. The van der Waals surface area contributed by atoms with Crippen molar-refractivity contribution in [2.75, 3.05) is 13.1 Å². The molecule has 1 heterocycles. The number of nitrogens with zero attached hydrogens (tertiary/aromatic N) is 1. The first-order valence-corrected chi connectivity index (χ1v) is 7.53. The van der Waals surface area contributed by atoms with E-state index in [0.717, 1.165) is 37.8 Å². The Morgan fingerprint density at radius 1 is 1.25 bits per heavy atom. The lowest BCUT2D eigenvalue weighted by Gasteiger charge is -2.36. The van der Waals surface area contributed by atoms with Crippen LogP contribution in [0, 0.1) is 11.8 Å². The molecule has 2 nitrogen and oxygen atoms in total. The van der Waals surface area contributed by atoms with Crippen LogP contribution in [-0.2, 0) is 4.79 Å². The van der Waals surface area contributed by atoms with Crippen LogP contribution in [0.4, 0.5) is 0 Å². The fourth-order valence-corrected chi connectivity index (χ4v) is 3.64. The summed E-state index contributed by atoms with van der Waals surface area (Å²) in [5.41, 5.74) is 0. The first kappa shape index (κ1) is 12.4. The van der Waals surface area contributed by atoms with Gasteiger partial charge in [-0.05, 0) is 31.1 Å². The molecule has 3 unspecified atom stereocenters. The van der Waals surface area contributed by atoms with Crippen LogP contribution >= 0.6 is 15.9 Å². The zero-order valence-corrected chi connectivity index (χ0v) is 11.7. The van der Waals surface area contributed by atoms with Gasteiger partial charge in [-0.2, -0.15) is 0 Å². The van der Waals surface area contributed by atoms with E-state index in [2.05, 4.69) is 27.8 Å². The van der Waals surface area contributed by atoms with Gasteiger partial charge in [0.2, 0.25) is 5.91 Å². The van der Waals surface area contributed by atoms with Gasteiger partial charge in [0, 0.05) is 13.1 Å². The summed E-state index contributed by atoms with van der Waals surface area (Å²) in [6, 6.07) is 0. The summed E-state index contributed by atoms with van der Waals surface area (Å²) in [4.78, 5) is 14.2. The summed E-state index contributed by atoms with van der Waals surface area (Å²) in [5.74, 6) is 1.87. The molecule has 2 aliphatic rings. The second-order valence-corrected chi connectivity index (χ2v) is 6.52. The lowest BCUT2D eigenvalue weighted by atomic mass is 9.80. The highest BCUT2D eigenvalue weighted by atomic mass is 79.9. The maximum atomic E-state index is 12.0. The van der Waals surface area contributed by atoms with E-state index in [1.807, 2.05) is 0 Å². The van der Waals surface area contributed by atoms with Crippen LogP contribution in [0.5, 0.6) is 0 Å². The van der Waals surface area contributed by atoms with Gasteiger partial charge in [-0.25, -0.2) is 0 Å². The van der Waals surface area contributed by atoms with Crippen LogP contribution in [0.2, 0.25) is 0 Å². The van der Waals surface area contributed by atoms with Crippen LogP contribution in [0.3, 0.4) is 0 Å². The molecule has 2 rings (SSSR count). The molecule has 16 heavy (non-hydrogen) atoms. The van der Waals surface area contributed by atoms with Gasteiger partial charge in [0.1, 0.15) is 0 Å². The van der Waals surface area contributed by atoms with Crippen LogP contribution < -0.4 is 0 Å². The minimum absolute atomic E-state index is 0.0835.